The zero-order valence-electron chi connectivity index (χ0n) is 6.50. The lowest BCUT2D eigenvalue weighted by Crippen LogP contribution is -2.09. The van der Waals surface area contributed by atoms with E-state index in [4.69, 9.17) is 16.7 Å². The Morgan fingerprint density at radius 1 is 1.50 bits per heavy atom. The SMILES string of the molecule is OC[C@@H](F)Cc1cccc(Cl)c1. The van der Waals surface area contributed by atoms with Crippen LogP contribution < -0.4 is 0 Å². The molecule has 1 aromatic rings. The highest BCUT2D eigenvalue weighted by molar-refractivity contribution is 6.30. The molecule has 0 aliphatic heterocycles. The number of aliphatic hydroxyl groups is 1. The van der Waals surface area contributed by atoms with E-state index < -0.39 is 12.8 Å². The fourth-order valence-electron chi connectivity index (χ4n) is 0.984. The molecule has 1 nitrogen and oxygen atoms in total. The first-order chi connectivity index (χ1) is 5.72. The van der Waals surface area contributed by atoms with Gasteiger partial charge in [0, 0.05) is 11.4 Å². The Morgan fingerprint density at radius 2 is 2.25 bits per heavy atom. The van der Waals surface area contributed by atoms with Crippen LogP contribution in [0.5, 0.6) is 0 Å². The van der Waals surface area contributed by atoms with E-state index in [0.29, 0.717) is 5.02 Å². The summed E-state index contributed by atoms with van der Waals surface area (Å²) in [4.78, 5) is 0. The number of hydrogen-bond acceptors (Lipinski definition) is 1. The van der Waals surface area contributed by atoms with E-state index in [1.807, 2.05) is 0 Å². The van der Waals surface area contributed by atoms with Crippen LogP contribution in [-0.4, -0.2) is 17.9 Å². The standard InChI is InChI=1S/C9H10ClFO/c10-8-3-1-2-7(4-8)5-9(11)6-12/h1-4,9,12H,5-6H2/t9-/m0/s1. The number of hydrogen-bond donors (Lipinski definition) is 1. The zero-order chi connectivity index (χ0) is 8.97. The van der Waals surface area contributed by atoms with Crippen LogP contribution >= 0.6 is 11.6 Å². The molecule has 0 fully saturated rings. The molecular formula is C9H10ClFO. The van der Waals surface area contributed by atoms with Gasteiger partial charge in [-0.3, -0.25) is 0 Å². The second-order valence-electron chi connectivity index (χ2n) is 2.61. The van der Waals surface area contributed by atoms with Crippen molar-refractivity contribution >= 4 is 11.6 Å². The first-order valence-electron chi connectivity index (χ1n) is 3.71. The third-order valence-corrected chi connectivity index (χ3v) is 1.78. The van der Waals surface area contributed by atoms with Gasteiger partial charge in [-0.1, -0.05) is 23.7 Å². The van der Waals surface area contributed by atoms with Crippen LogP contribution in [0.15, 0.2) is 24.3 Å². The fourth-order valence-corrected chi connectivity index (χ4v) is 1.20. The molecule has 1 rings (SSSR count). The van der Waals surface area contributed by atoms with E-state index in [1.54, 1.807) is 24.3 Å². The molecule has 66 valence electrons. The Bertz CT molecular complexity index is 252. The van der Waals surface area contributed by atoms with Crippen LogP contribution in [0, 0.1) is 0 Å². The van der Waals surface area contributed by atoms with Crippen molar-refractivity contribution in [2.24, 2.45) is 0 Å². The largest absolute Gasteiger partial charge is 0.393 e. The molecule has 0 aliphatic carbocycles. The summed E-state index contributed by atoms with van der Waals surface area (Å²) in [7, 11) is 0. The van der Waals surface area contributed by atoms with Gasteiger partial charge in [0.25, 0.3) is 0 Å². The lowest BCUT2D eigenvalue weighted by molar-refractivity contribution is 0.177. The van der Waals surface area contributed by atoms with E-state index in [0.717, 1.165) is 5.56 Å². The van der Waals surface area contributed by atoms with E-state index in [1.165, 1.54) is 0 Å². The van der Waals surface area contributed by atoms with Gasteiger partial charge in [0.1, 0.15) is 6.17 Å². The first-order valence-corrected chi connectivity index (χ1v) is 4.09. The highest BCUT2D eigenvalue weighted by atomic mass is 35.5. The molecule has 1 aromatic carbocycles. The predicted octanol–water partition coefficient (Wildman–Crippen LogP) is 2.21. The summed E-state index contributed by atoms with van der Waals surface area (Å²) in [6, 6.07) is 6.98. The Labute approximate surface area is 75.8 Å². The monoisotopic (exact) mass is 188 g/mol. The highest BCUT2D eigenvalue weighted by Gasteiger charge is 2.05. The van der Waals surface area contributed by atoms with Gasteiger partial charge >= 0.3 is 0 Å². The second-order valence-corrected chi connectivity index (χ2v) is 3.05. The molecule has 0 aromatic heterocycles. The van der Waals surface area contributed by atoms with E-state index in [9.17, 15) is 4.39 Å². The molecule has 12 heavy (non-hydrogen) atoms. The second kappa shape index (κ2) is 4.43. The molecule has 0 bridgehead atoms. The van der Waals surface area contributed by atoms with Crippen molar-refractivity contribution in [3.63, 3.8) is 0 Å². The summed E-state index contributed by atoms with van der Waals surface area (Å²) in [5, 5.41) is 9.05. The topological polar surface area (TPSA) is 20.2 Å². The van der Waals surface area contributed by atoms with E-state index in [-0.39, 0.29) is 6.42 Å². The number of aliphatic hydroxyl groups excluding tert-OH is 1. The normalized spacial score (nSPS) is 12.9. The van der Waals surface area contributed by atoms with Gasteiger partial charge < -0.3 is 5.11 Å². The van der Waals surface area contributed by atoms with Crippen molar-refractivity contribution in [2.75, 3.05) is 6.61 Å². The Kier molecular flexibility index (Phi) is 3.50. The minimum atomic E-state index is -1.19. The first kappa shape index (κ1) is 9.49. The van der Waals surface area contributed by atoms with Crippen molar-refractivity contribution < 1.29 is 9.50 Å². The van der Waals surface area contributed by atoms with Gasteiger partial charge in [-0.05, 0) is 17.7 Å². The van der Waals surface area contributed by atoms with Gasteiger partial charge in [-0.25, -0.2) is 4.39 Å². The third-order valence-electron chi connectivity index (χ3n) is 1.54. The third kappa shape index (κ3) is 2.80. The van der Waals surface area contributed by atoms with Crippen LogP contribution in [0.2, 0.25) is 5.02 Å². The molecule has 0 radical (unpaired) electrons. The maximum Gasteiger partial charge on any atom is 0.127 e. The maximum absolute atomic E-state index is 12.7. The molecule has 0 amide bonds. The zero-order valence-corrected chi connectivity index (χ0v) is 7.26. The number of benzene rings is 1. The van der Waals surface area contributed by atoms with Crippen molar-refractivity contribution in [3.05, 3.63) is 34.9 Å². The summed E-state index contributed by atoms with van der Waals surface area (Å²) in [6.07, 6.45) is -0.972. The molecule has 0 spiro atoms. The molecule has 1 N–H and O–H groups in total. The van der Waals surface area contributed by atoms with Crippen molar-refractivity contribution in [1.82, 2.24) is 0 Å². The minimum Gasteiger partial charge on any atom is -0.393 e. The molecular weight excluding hydrogens is 179 g/mol. The van der Waals surface area contributed by atoms with Crippen LogP contribution in [0.4, 0.5) is 4.39 Å². The predicted molar refractivity (Wildman–Crippen MR) is 47.1 cm³/mol. The summed E-state index contributed by atoms with van der Waals surface area (Å²) >= 11 is 5.69. The summed E-state index contributed by atoms with van der Waals surface area (Å²) in [5.74, 6) is 0. The highest BCUT2D eigenvalue weighted by Crippen LogP contribution is 2.12. The van der Waals surface area contributed by atoms with Crippen LogP contribution in [0.1, 0.15) is 5.56 Å². The molecule has 0 heterocycles. The van der Waals surface area contributed by atoms with Crippen molar-refractivity contribution in [1.29, 1.82) is 0 Å². The molecule has 1 atom stereocenters. The Balaban J connectivity index is 2.63. The van der Waals surface area contributed by atoms with E-state index >= 15 is 0 Å². The quantitative estimate of drug-likeness (QED) is 0.771. The van der Waals surface area contributed by atoms with Gasteiger partial charge in [0.15, 0.2) is 0 Å². The average molecular weight is 189 g/mol. The molecule has 3 heteroatoms. The molecule has 0 saturated heterocycles. The van der Waals surface area contributed by atoms with Crippen LogP contribution in [-0.2, 0) is 6.42 Å². The maximum atomic E-state index is 12.7. The average Bonchev–Trinajstić information content (AvgIpc) is 2.04. The van der Waals surface area contributed by atoms with Crippen LogP contribution in [0.3, 0.4) is 0 Å². The Morgan fingerprint density at radius 3 is 2.83 bits per heavy atom. The van der Waals surface area contributed by atoms with E-state index in [2.05, 4.69) is 0 Å². The Hall–Kier alpha value is -0.600. The molecule has 0 unspecified atom stereocenters. The van der Waals surface area contributed by atoms with Gasteiger partial charge in [-0.15, -0.1) is 0 Å². The minimum absolute atomic E-state index is 0.219. The lowest BCUT2D eigenvalue weighted by atomic mass is 10.1. The summed E-state index contributed by atoms with van der Waals surface area (Å²) in [6.45, 7) is -0.438. The van der Waals surface area contributed by atoms with Crippen LogP contribution in [0.25, 0.3) is 0 Å². The lowest BCUT2D eigenvalue weighted by Gasteiger charge is -2.04. The molecule has 0 aliphatic rings. The van der Waals surface area contributed by atoms with Crippen molar-refractivity contribution in [3.8, 4) is 0 Å². The molecule has 0 saturated carbocycles. The van der Waals surface area contributed by atoms with Crippen molar-refractivity contribution in [2.45, 2.75) is 12.6 Å². The number of alkyl halides is 1. The smallest absolute Gasteiger partial charge is 0.127 e. The van der Waals surface area contributed by atoms with Gasteiger partial charge in [0.05, 0.1) is 6.61 Å². The number of rotatable bonds is 3. The fraction of sp³-hybridized carbons (Fsp3) is 0.333. The van der Waals surface area contributed by atoms with Gasteiger partial charge in [-0.2, -0.15) is 0 Å². The summed E-state index contributed by atoms with van der Waals surface area (Å²) < 4.78 is 12.7. The number of halogens is 2. The summed E-state index contributed by atoms with van der Waals surface area (Å²) in [5.41, 5.74) is 0.809. The van der Waals surface area contributed by atoms with Gasteiger partial charge in [0.2, 0.25) is 0 Å².